The molecule has 160 valence electrons. The first-order chi connectivity index (χ1) is 13.2. The lowest BCUT2D eigenvalue weighted by molar-refractivity contribution is -0.144. The Morgan fingerprint density at radius 1 is 1.28 bits per heavy atom. The van der Waals surface area contributed by atoms with Crippen molar-refractivity contribution in [2.75, 3.05) is 18.0 Å². The van der Waals surface area contributed by atoms with E-state index < -0.39 is 52.9 Å². The fraction of sp³-hybridized carbons (Fsp3) is 0.500. The molecule has 7 nitrogen and oxygen atoms in total. The zero-order chi connectivity index (χ0) is 22.2. The predicted molar refractivity (Wildman–Crippen MR) is 93.4 cm³/mol. The smallest absolute Gasteiger partial charge is 0.419 e. The summed E-state index contributed by atoms with van der Waals surface area (Å²) in [4.78, 5) is 36.4. The summed E-state index contributed by atoms with van der Waals surface area (Å²) in [6.45, 7) is 4.20. The molecule has 0 unspecified atom stereocenters. The summed E-state index contributed by atoms with van der Waals surface area (Å²) >= 11 is 0. The Labute approximate surface area is 163 Å². The molecule has 1 heterocycles. The number of carboxylic acids is 1. The molecule has 1 saturated heterocycles. The van der Waals surface area contributed by atoms with E-state index in [9.17, 15) is 37.1 Å². The number of hydrogen-bond acceptors (Lipinski definition) is 5. The van der Waals surface area contributed by atoms with Crippen LogP contribution in [0.25, 0.3) is 0 Å². The highest BCUT2D eigenvalue weighted by molar-refractivity contribution is 5.90. The maximum absolute atomic E-state index is 13.7. The van der Waals surface area contributed by atoms with Crippen molar-refractivity contribution >= 4 is 24.0 Å². The molecule has 1 aromatic carbocycles. The van der Waals surface area contributed by atoms with Gasteiger partial charge >= 0.3 is 18.2 Å². The van der Waals surface area contributed by atoms with E-state index in [-0.39, 0.29) is 24.9 Å². The second-order valence-electron chi connectivity index (χ2n) is 7.66. The summed E-state index contributed by atoms with van der Waals surface area (Å²) in [6, 6.07) is 1.53. The van der Waals surface area contributed by atoms with Crippen LogP contribution in [0, 0.1) is 5.82 Å². The van der Waals surface area contributed by atoms with Crippen molar-refractivity contribution in [3.63, 3.8) is 0 Å². The maximum Gasteiger partial charge on any atom is 0.419 e. The number of ether oxygens (including phenoxy) is 1. The van der Waals surface area contributed by atoms with Crippen molar-refractivity contribution in [1.82, 2.24) is 5.32 Å². The molecule has 1 amide bonds. The van der Waals surface area contributed by atoms with Gasteiger partial charge in [-0.2, -0.15) is 13.2 Å². The Kier molecular flexibility index (Phi) is 5.82. The lowest BCUT2D eigenvalue weighted by Gasteiger charge is -2.29. The number of anilines is 1. The molecule has 0 radical (unpaired) electrons. The molecule has 29 heavy (non-hydrogen) atoms. The molecule has 2 rings (SSSR count). The number of aliphatic carboxylic acids is 1. The van der Waals surface area contributed by atoms with Gasteiger partial charge in [-0.1, -0.05) is 0 Å². The van der Waals surface area contributed by atoms with Gasteiger partial charge < -0.3 is 20.1 Å². The molecular formula is C18H20F4N2O5. The van der Waals surface area contributed by atoms with Crippen LogP contribution in [-0.2, 0) is 15.7 Å². The van der Waals surface area contributed by atoms with E-state index in [2.05, 4.69) is 5.32 Å². The van der Waals surface area contributed by atoms with Gasteiger partial charge in [0.25, 0.3) is 0 Å². The molecule has 0 aromatic heterocycles. The molecule has 0 aliphatic carbocycles. The molecule has 1 aliphatic heterocycles. The second kappa shape index (κ2) is 7.53. The van der Waals surface area contributed by atoms with Gasteiger partial charge in [0.05, 0.1) is 12.1 Å². The number of rotatable bonds is 4. The fourth-order valence-corrected chi connectivity index (χ4v) is 3.11. The number of hydrogen-bond donors (Lipinski definition) is 2. The number of carboxylic acid groups (broad SMARTS) is 1. The average molecular weight is 420 g/mol. The van der Waals surface area contributed by atoms with Crippen LogP contribution in [-0.4, -0.2) is 47.7 Å². The average Bonchev–Trinajstić information content (AvgIpc) is 2.96. The number of alkyl carbamates (subject to hydrolysis) is 1. The van der Waals surface area contributed by atoms with Gasteiger partial charge in [0.2, 0.25) is 0 Å². The first kappa shape index (κ1) is 22.4. The molecule has 1 fully saturated rings. The standard InChI is InChI=1S/C18H20F4N2O5/c1-16(2,3)29-15(28)23-17(14(26)27)6-7-24(9-17)12-5-4-11(19)13(10(12)8-25)18(20,21)22/h4-5,8H,6-7,9H2,1-3H3,(H,23,28)(H,26,27)/t17-/m1/s1. The number of carbonyl (C=O) groups is 3. The number of alkyl halides is 3. The Balaban J connectivity index is 2.39. The fourth-order valence-electron chi connectivity index (χ4n) is 3.11. The number of carbonyl (C=O) groups excluding carboxylic acids is 2. The largest absolute Gasteiger partial charge is 0.479 e. The Morgan fingerprint density at radius 3 is 2.38 bits per heavy atom. The minimum atomic E-state index is -5.12. The van der Waals surface area contributed by atoms with E-state index in [1.54, 1.807) is 20.8 Å². The van der Waals surface area contributed by atoms with Crippen LogP contribution in [0.4, 0.5) is 28.0 Å². The van der Waals surface area contributed by atoms with Gasteiger partial charge in [-0.05, 0) is 32.9 Å². The number of nitrogens with zero attached hydrogens (tertiary/aromatic N) is 1. The topological polar surface area (TPSA) is 95.9 Å². The summed E-state index contributed by atoms with van der Waals surface area (Å²) < 4.78 is 58.4. The predicted octanol–water partition coefficient (Wildman–Crippen LogP) is 3.22. The summed E-state index contributed by atoms with van der Waals surface area (Å²) in [5.41, 5.74) is -5.68. The third-order valence-corrected chi connectivity index (χ3v) is 4.33. The van der Waals surface area contributed by atoms with E-state index in [0.717, 1.165) is 6.07 Å². The van der Waals surface area contributed by atoms with E-state index in [0.29, 0.717) is 6.07 Å². The highest BCUT2D eigenvalue weighted by Crippen LogP contribution is 2.39. The maximum atomic E-state index is 13.7. The van der Waals surface area contributed by atoms with Crippen LogP contribution in [0.5, 0.6) is 0 Å². The molecule has 0 spiro atoms. The second-order valence-corrected chi connectivity index (χ2v) is 7.66. The zero-order valence-electron chi connectivity index (χ0n) is 15.9. The van der Waals surface area contributed by atoms with Gasteiger partial charge in [0, 0.05) is 18.7 Å². The van der Waals surface area contributed by atoms with E-state index in [4.69, 9.17) is 4.74 Å². The van der Waals surface area contributed by atoms with E-state index in [1.807, 2.05) is 0 Å². The quantitative estimate of drug-likeness (QED) is 0.574. The molecule has 1 aromatic rings. The van der Waals surface area contributed by atoms with E-state index in [1.165, 1.54) is 4.90 Å². The molecule has 11 heteroatoms. The van der Waals surface area contributed by atoms with Crippen molar-refractivity contribution in [2.24, 2.45) is 0 Å². The Morgan fingerprint density at radius 2 is 1.90 bits per heavy atom. The number of nitrogens with one attached hydrogen (secondary N) is 1. The van der Waals surface area contributed by atoms with Gasteiger partial charge in [-0.25, -0.2) is 14.0 Å². The number of benzene rings is 1. The van der Waals surface area contributed by atoms with Gasteiger partial charge in [0.15, 0.2) is 11.8 Å². The lowest BCUT2D eigenvalue weighted by Crippen LogP contribution is -2.57. The highest BCUT2D eigenvalue weighted by atomic mass is 19.4. The third-order valence-electron chi connectivity index (χ3n) is 4.33. The summed E-state index contributed by atoms with van der Waals surface area (Å²) in [5.74, 6) is -3.03. The molecule has 0 bridgehead atoms. The van der Waals surface area contributed by atoms with Crippen LogP contribution >= 0.6 is 0 Å². The summed E-state index contributed by atoms with van der Waals surface area (Å²) in [6.07, 6.45) is -6.41. The van der Waals surface area contributed by atoms with Crippen molar-refractivity contribution in [3.05, 3.63) is 29.1 Å². The molecule has 1 aliphatic rings. The van der Waals surface area contributed by atoms with Crippen molar-refractivity contribution < 1.29 is 41.8 Å². The van der Waals surface area contributed by atoms with Crippen LogP contribution in [0.15, 0.2) is 12.1 Å². The van der Waals surface area contributed by atoms with Crippen LogP contribution in [0.1, 0.15) is 43.1 Å². The molecule has 2 N–H and O–H groups in total. The summed E-state index contributed by atoms with van der Waals surface area (Å²) in [5, 5.41) is 11.9. The van der Waals surface area contributed by atoms with Crippen LogP contribution in [0.2, 0.25) is 0 Å². The zero-order valence-corrected chi connectivity index (χ0v) is 15.9. The van der Waals surface area contributed by atoms with Crippen LogP contribution < -0.4 is 10.2 Å². The van der Waals surface area contributed by atoms with Gasteiger partial charge in [-0.3, -0.25) is 4.79 Å². The molecule has 0 saturated carbocycles. The first-order valence-electron chi connectivity index (χ1n) is 8.54. The number of halogens is 4. The van der Waals surface area contributed by atoms with Crippen molar-refractivity contribution in [2.45, 2.75) is 44.5 Å². The minimum absolute atomic E-state index is 0.0914. The first-order valence-corrected chi connectivity index (χ1v) is 8.54. The summed E-state index contributed by atoms with van der Waals surface area (Å²) in [7, 11) is 0. The minimum Gasteiger partial charge on any atom is -0.479 e. The number of amides is 1. The van der Waals surface area contributed by atoms with Crippen molar-refractivity contribution in [3.8, 4) is 0 Å². The Bertz CT molecular complexity index is 835. The Hall–Kier alpha value is -2.85. The molecular weight excluding hydrogens is 400 g/mol. The SMILES string of the molecule is CC(C)(C)OC(=O)N[C@]1(C(=O)O)CCN(c2ccc(F)c(C(F)(F)F)c2C=O)C1. The van der Waals surface area contributed by atoms with Gasteiger partial charge in [-0.15, -0.1) is 0 Å². The monoisotopic (exact) mass is 420 g/mol. The van der Waals surface area contributed by atoms with E-state index >= 15 is 0 Å². The normalized spacial score (nSPS) is 19.8. The lowest BCUT2D eigenvalue weighted by atomic mass is 9.99. The van der Waals surface area contributed by atoms with Gasteiger partial charge in [0.1, 0.15) is 17.0 Å². The molecule has 1 atom stereocenters. The van der Waals surface area contributed by atoms with Crippen LogP contribution in [0.3, 0.4) is 0 Å². The third kappa shape index (κ3) is 4.77. The van der Waals surface area contributed by atoms with Crippen molar-refractivity contribution in [1.29, 1.82) is 0 Å². The highest BCUT2D eigenvalue weighted by Gasteiger charge is 2.48. The number of aldehydes is 1.